The summed E-state index contributed by atoms with van der Waals surface area (Å²) >= 11 is 5.28. The molecule has 0 aliphatic carbocycles. The maximum atomic E-state index is 5.66. The van der Waals surface area contributed by atoms with Crippen LogP contribution in [0, 0.1) is 0 Å². The number of rotatable bonds is 3. The predicted molar refractivity (Wildman–Crippen MR) is 83.7 cm³/mol. The third kappa shape index (κ3) is 2.92. The van der Waals surface area contributed by atoms with E-state index in [1.165, 1.54) is 19.3 Å². The van der Waals surface area contributed by atoms with Crippen molar-refractivity contribution in [2.45, 2.75) is 48.8 Å². The molecule has 1 aliphatic heterocycles. The summed E-state index contributed by atoms with van der Waals surface area (Å²) in [5, 5.41) is 9.67. The summed E-state index contributed by atoms with van der Waals surface area (Å²) in [6.07, 6.45) is 4.76. The Balaban J connectivity index is 1.86. The van der Waals surface area contributed by atoms with Gasteiger partial charge in [-0.25, -0.2) is 0 Å². The Morgan fingerprint density at radius 1 is 1.25 bits per heavy atom. The van der Waals surface area contributed by atoms with Gasteiger partial charge in [0.25, 0.3) is 0 Å². The zero-order valence-corrected chi connectivity index (χ0v) is 13.6. The number of hydrogen-bond acceptors (Lipinski definition) is 4. The topological polar surface area (TPSA) is 56.7 Å². The highest BCUT2D eigenvalue weighted by atomic mass is 79.9. The van der Waals surface area contributed by atoms with E-state index in [-0.39, 0.29) is 0 Å². The lowest BCUT2D eigenvalue weighted by Crippen LogP contribution is -2.02. The van der Waals surface area contributed by atoms with Crippen LogP contribution in [-0.4, -0.2) is 14.8 Å². The van der Waals surface area contributed by atoms with Crippen LogP contribution in [0.15, 0.2) is 32.7 Å². The minimum atomic E-state index is 0.559. The molecule has 0 atom stereocenters. The first-order chi connectivity index (χ1) is 9.78. The van der Waals surface area contributed by atoms with Gasteiger partial charge in [0.15, 0.2) is 5.16 Å². The van der Waals surface area contributed by atoms with Crippen molar-refractivity contribution < 1.29 is 0 Å². The van der Waals surface area contributed by atoms with Crippen molar-refractivity contribution in [1.82, 2.24) is 14.8 Å². The maximum Gasteiger partial charge on any atom is 0.196 e. The SMILES string of the molecule is NCc1ccc(Sc2nnc3n2CCCCC3)c(Br)c1. The minimum Gasteiger partial charge on any atom is -0.326 e. The zero-order chi connectivity index (χ0) is 13.9. The highest BCUT2D eigenvalue weighted by molar-refractivity contribution is 9.10. The molecule has 2 heterocycles. The van der Waals surface area contributed by atoms with Crippen LogP contribution in [0.1, 0.15) is 30.7 Å². The molecule has 0 fully saturated rings. The highest BCUT2D eigenvalue weighted by Crippen LogP contribution is 2.34. The number of halogens is 1. The van der Waals surface area contributed by atoms with Crippen molar-refractivity contribution in [3.63, 3.8) is 0 Å². The predicted octanol–water partition coefficient (Wildman–Crippen LogP) is 3.38. The molecule has 20 heavy (non-hydrogen) atoms. The summed E-state index contributed by atoms with van der Waals surface area (Å²) in [7, 11) is 0. The van der Waals surface area contributed by atoms with Crippen molar-refractivity contribution in [3.05, 3.63) is 34.1 Å². The smallest absolute Gasteiger partial charge is 0.196 e. The van der Waals surface area contributed by atoms with Crippen LogP contribution >= 0.6 is 27.7 Å². The van der Waals surface area contributed by atoms with Crippen molar-refractivity contribution in [1.29, 1.82) is 0 Å². The number of hydrogen-bond donors (Lipinski definition) is 1. The summed E-state index contributed by atoms with van der Waals surface area (Å²) in [5.74, 6) is 1.12. The van der Waals surface area contributed by atoms with Gasteiger partial charge < -0.3 is 10.3 Å². The molecule has 6 heteroatoms. The molecule has 2 aromatic rings. The lowest BCUT2D eigenvalue weighted by Gasteiger charge is -2.08. The largest absolute Gasteiger partial charge is 0.326 e. The maximum absolute atomic E-state index is 5.66. The van der Waals surface area contributed by atoms with E-state index in [2.05, 4.69) is 48.9 Å². The molecule has 4 nitrogen and oxygen atoms in total. The second-order valence-electron chi connectivity index (χ2n) is 4.93. The summed E-state index contributed by atoms with van der Waals surface area (Å²) in [6.45, 7) is 1.59. The quantitative estimate of drug-likeness (QED) is 0.919. The van der Waals surface area contributed by atoms with E-state index in [1.54, 1.807) is 11.8 Å². The lowest BCUT2D eigenvalue weighted by atomic mass is 10.2. The molecule has 0 unspecified atom stereocenters. The minimum absolute atomic E-state index is 0.559. The third-order valence-corrected chi connectivity index (χ3v) is 5.49. The molecule has 0 saturated carbocycles. The summed E-state index contributed by atoms with van der Waals surface area (Å²) in [4.78, 5) is 1.15. The van der Waals surface area contributed by atoms with Crippen molar-refractivity contribution in [2.24, 2.45) is 5.73 Å². The molecule has 106 valence electrons. The second-order valence-corrected chi connectivity index (χ2v) is 6.80. The van der Waals surface area contributed by atoms with E-state index in [1.807, 2.05) is 0 Å². The third-order valence-electron chi connectivity index (χ3n) is 3.51. The molecule has 3 rings (SSSR count). The molecule has 0 bridgehead atoms. The average Bonchev–Trinajstić information content (AvgIpc) is 2.69. The Kier molecular flexibility index (Phi) is 4.43. The van der Waals surface area contributed by atoms with Gasteiger partial charge in [0.2, 0.25) is 0 Å². The Morgan fingerprint density at radius 2 is 2.15 bits per heavy atom. The first kappa shape index (κ1) is 14.1. The summed E-state index contributed by atoms with van der Waals surface area (Å²) < 4.78 is 3.33. The van der Waals surface area contributed by atoms with Crippen LogP contribution < -0.4 is 5.73 Å². The molecule has 0 amide bonds. The molecular weight excluding hydrogens is 336 g/mol. The standard InChI is InChI=1S/C14H17BrN4S/c15-11-8-10(9-16)5-6-12(11)20-14-18-17-13-4-2-1-3-7-19(13)14/h5-6,8H,1-4,7,9,16H2. The van der Waals surface area contributed by atoms with Gasteiger partial charge in [-0.3, -0.25) is 0 Å². The van der Waals surface area contributed by atoms with E-state index >= 15 is 0 Å². The normalized spacial score (nSPS) is 14.9. The average molecular weight is 353 g/mol. The first-order valence-corrected chi connectivity index (χ1v) is 8.47. The first-order valence-electron chi connectivity index (χ1n) is 6.86. The number of benzene rings is 1. The van der Waals surface area contributed by atoms with Crippen LogP contribution in [0.5, 0.6) is 0 Å². The van der Waals surface area contributed by atoms with E-state index in [0.717, 1.165) is 38.9 Å². The molecule has 0 spiro atoms. The monoisotopic (exact) mass is 352 g/mol. The molecule has 2 N–H and O–H groups in total. The number of fused-ring (bicyclic) bond motifs is 1. The van der Waals surface area contributed by atoms with E-state index in [0.29, 0.717) is 6.54 Å². The van der Waals surface area contributed by atoms with Gasteiger partial charge in [-0.15, -0.1) is 10.2 Å². The Bertz CT molecular complexity index is 611. The number of aromatic nitrogens is 3. The number of nitrogens with two attached hydrogens (primary N) is 1. The van der Waals surface area contributed by atoms with Crippen LogP contribution in [0.2, 0.25) is 0 Å². The van der Waals surface area contributed by atoms with E-state index < -0.39 is 0 Å². The van der Waals surface area contributed by atoms with Crippen LogP contribution in [0.4, 0.5) is 0 Å². The van der Waals surface area contributed by atoms with Crippen molar-refractivity contribution >= 4 is 27.7 Å². The fourth-order valence-corrected chi connectivity index (χ4v) is 3.93. The van der Waals surface area contributed by atoms with Crippen LogP contribution in [-0.2, 0) is 19.5 Å². The van der Waals surface area contributed by atoms with Crippen molar-refractivity contribution in [3.8, 4) is 0 Å². The van der Waals surface area contributed by atoms with E-state index in [4.69, 9.17) is 5.73 Å². The number of aryl methyl sites for hydroxylation is 1. The zero-order valence-electron chi connectivity index (χ0n) is 11.2. The lowest BCUT2D eigenvalue weighted by molar-refractivity contribution is 0.591. The van der Waals surface area contributed by atoms with Gasteiger partial charge in [0.05, 0.1) is 0 Å². The molecular formula is C14H17BrN4S. The number of nitrogens with zero attached hydrogens (tertiary/aromatic N) is 3. The Labute approximate surface area is 131 Å². The van der Waals surface area contributed by atoms with Gasteiger partial charge in [-0.1, -0.05) is 12.5 Å². The van der Waals surface area contributed by atoms with Crippen LogP contribution in [0.3, 0.4) is 0 Å². The Hall–Kier alpha value is -0.850. The van der Waals surface area contributed by atoms with Gasteiger partial charge in [-0.2, -0.15) is 0 Å². The molecule has 1 aliphatic rings. The fourth-order valence-electron chi connectivity index (χ4n) is 2.39. The molecule has 0 radical (unpaired) electrons. The second kappa shape index (κ2) is 6.28. The molecule has 0 saturated heterocycles. The Morgan fingerprint density at radius 3 is 2.95 bits per heavy atom. The fraction of sp³-hybridized carbons (Fsp3) is 0.429. The highest BCUT2D eigenvalue weighted by Gasteiger charge is 2.16. The summed E-state index contributed by atoms with van der Waals surface area (Å²) in [5.41, 5.74) is 6.79. The van der Waals surface area contributed by atoms with Gasteiger partial charge in [-0.05, 0) is 58.2 Å². The van der Waals surface area contributed by atoms with Crippen molar-refractivity contribution in [2.75, 3.05) is 0 Å². The van der Waals surface area contributed by atoms with Gasteiger partial charge in [0, 0.05) is 28.9 Å². The molecule has 1 aromatic carbocycles. The molecule has 1 aromatic heterocycles. The van der Waals surface area contributed by atoms with Gasteiger partial charge >= 0.3 is 0 Å². The van der Waals surface area contributed by atoms with Gasteiger partial charge in [0.1, 0.15) is 5.82 Å². The summed E-state index contributed by atoms with van der Waals surface area (Å²) in [6, 6.07) is 6.23. The van der Waals surface area contributed by atoms with Crippen LogP contribution in [0.25, 0.3) is 0 Å². The van der Waals surface area contributed by atoms with E-state index in [9.17, 15) is 0 Å².